The highest BCUT2D eigenvalue weighted by Gasteiger charge is 2.11. The second-order valence-electron chi connectivity index (χ2n) is 5.65. The Morgan fingerprint density at radius 1 is 1.17 bits per heavy atom. The fourth-order valence-electron chi connectivity index (χ4n) is 2.27. The summed E-state index contributed by atoms with van der Waals surface area (Å²) in [7, 11) is 0. The monoisotopic (exact) mass is 390 g/mol. The van der Waals surface area contributed by atoms with Crippen molar-refractivity contribution < 1.29 is 9.53 Å². The third kappa shape index (κ3) is 5.98. The van der Waals surface area contributed by atoms with Gasteiger partial charge in [-0.15, -0.1) is 0 Å². The van der Waals surface area contributed by atoms with Crippen LogP contribution >= 0.6 is 15.9 Å². The molecule has 0 aliphatic carbocycles. The molecule has 0 unspecified atom stereocenters. The molecule has 0 aromatic heterocycles. The molecule has 0 radical (unpaired) electrons. The van der Waals surface area contributed by atoms with Gasteiger partial charge in [0.15, 0.2) is 0 Å². The van der Waals surface area contributed by atoms with Crippen LogP contribution < -0.4 is 15.4 Å². The maximum Gasteiger partial charge on any atom is 0.234 e. The summed E-state index contributed by atoms with van der Waals surface area (Å²) in [6, 6.07) is 15.8. The largest absolute Gasteiger partial charge is 0.492 e. The number of amides is 1. The fourth-order valence-corrected chi connectivity index (χ4v) is 2.90. The van der Waals surface area contributed by atoms with Gasteiger partial charge < -0.3 is 15.4 Å². The molecule has 2 N–H and O–H groups in total. The van der Waals surface area contributed by atoms with Gasteiger partial charge in [-0.1, -0.05) is 51.8 Å². The molecular weight excluding hydrogens is 368 g/mol. The minimum absolute atomic E-state index is 0.0337. The first kappa shape index (κ1) is 18.5. The van der Waals surface area contributed by atoms with E-state index in [1.54, 1.807) is 0 Å². The topological polar surface area (TPSA) is 50.4 Å². The lowest BCUT2D eigenvalue weighted by atomic mass is 10.1. The lowest BCUT2D eigenvalue weighted by Gasteiger charge is -2.16. The standard InChI is InChI=1S/C19H23BrN2O2/c1-14-7-9-16(10-8-14)24-12-11-21-13-19(23)22-15(2)17-5-3-4-6-18(17)20/h3-10,15,21H,11-13H2,1-2H3,(H,22,23)/t15-/m0/s1. The van der Waals surface area contributed by atoms with Gasteiger partial charge >= 0.3 is 0 Å². The maximum absolute atomic E-state index is 12.0. The Morgan fingerprint density at radius 2 is 1.88 bits per heavy atom. The average Bonchev–Trinajstić information content (AvgIpc) is 2.56. The molecule has 1 atom stereocenters. The van der Waals surface area contributed by atoms with E-state index in [4.69, 9.17) is 4.74 Å². The van der Waals surface area contributed by atoms with Crippen LogP contribution in [0.5, 0.6) is 5.75 Å². The highest BCUT2D eigenvalue weighted by Crippen LogP contribution is 2.22. The first-order valence-electron chi connectivity index (χ1n) is 8.00. The van der Waals surface area contributed by atoms with Crippen molar-refractivity contribution in [1.29, 1.82) is 0 Å². The van der Waals surface area contributed by atoms with E-state index < -0.39 is 0 Å². The predicted octanol–water partition coefficient (Wildman–Crippen LogP) is 3.60. The summed E-state index contributed by atoms with van der Waals surface area (Å²) in [5.41, 5.74) is 2.27. The van der Waals surface area contributed by atoms with E-state index in [2.05, 4.69) is 26.6 Å². The number of carbonyl (C=O) groups excluding carboxylic acids is 1. The number of hydrogen-bond acceptors (Lipinski definition) is 3. The molecule has 0 heterocycles. The molecule has 0 bridgehead atoms. The zero-order chi connectivity index (χ0) is 17.4. The Kier molecular flexibility index (Phi) is 7.28. The number of rotatable bonds is 8. The third-order valence-corrected chi connectivity index (χ3v) is 4.33. The third-order valence-electron chi connectivity index (χ3n) is 3.60. The fraction of sp³-hybridized carbons (Fsp3) is 0.316. The number of halogens is 1. The summed E-state index contributed by atoms with van der Waals surface area (Å²) in [6.45, 7) is 5.42. The van der Waals surface area contributed by atoms with Gasteiger partial charge in [0.25, 0.3) is 0 Å². The molecule has 2 aromatic carbocycles. The Labute approximate surface area is 151 Å². The number of nitrogens with one attached hydrogen (secondary N) is 2. The summed E-state index contributed by atoms with van der Waals surface area (Å²) in [5, 5.41) is 6.07. The van der Waals surface area contributed by atoms with E-state index in [1.807, 2.05) is 62.4 Å². The molecule has 0 saturated carbocycles. The molecular formula is C19H23BrN2O2. The van der Waals surface area contributed by atoms with Gasteiger partial charge in [0.05, 0.1) is 12.6 Å². The molecule has 4 nitrogen and oxygen atoms in total. The van der Waals surface area contributed by atoms with Crippen LogP contribution in [0.3, 0.4) is 0 Å². The summed E-state index contributed by atoms with van der Waals surface area (Å²) in [6.07, 6.45) is 0. The normalized spacial score (nSPS) is 11.8. The van der Waals surface area contributed by atoms with Crippen molar-refractivity contribution in [2.24, 2.45) is 0 Å². The van der Waals surface area contributed by atoms with Crippen LogP contribution in [0, 0.1) is 6.92 Å². The molecule has 128 valence electrons. The van der Waals surface area contributed by atoms with Crippen LogP contribution in [-0.4, -0.2) is 25.6 Å². The Bertz CT molecular complexity index is 659. The number of benzene rings is 2. The average molecular weight is 391 g/mol. The molecule has 2 rings (SSSR count). The van der Waals surface area contributed by atoms with Crippen molar-refractivity contribution in [3.63, 3.8) is 0 Å². The highest BCUT2D eigenvalue weighted by atomic mass is 79.9. The smallest absolute Gasteiger partial charge is 0.234 e. The van der Waals surface area contributed by atoms with E-state index in [0.717, 1.165) is 15.8 Å². The van der Waals surface area contributed by atoms with Gasteiger partial charge in [-0.2, -0.15) is 0 Å². The van der Waals surface area contributed by atoms with Gasteiger partial charge in [0.2, 0.25) is 5.91 Å². The zero-order valence-electron chi connectivity index (χ0n) is 14.0. The van der Waals surface area contributed by atoms with E-state index in [9.17, 15) is 4.79 Å². The molecule has 5 heteroatoms. The predicted molar refractivity (Wildman–Crippen MR) is 100 cm³/mol. The van der Waals surface area contributed by atoms with Crippen LogP contribution in [0.4, 0.5) is 0 Å². The van der Waals surface area contributed by atoms with Gasteiger partial charge in [-0.05, 0) is 37.6 Å². The molecule has 0 spiro atoms. The second-order valence-corrected chi connectivity index (χ2v) is 6.50. The molecule has 1 amide bonds. The summed E-state index contributed by atoms with van der Waals surface area (Å²) < 4.78 is 6.61. The molecule has 0 aliphatic rings. The number of ether oxygens (including phenoxy) is 1. The summed E-state index contributed by atoms with van der Waals surface area (Å²) in [5.74, 6) is 0.808. The number of hydrogen-bond donors (Lipinski definition) is 2. The van der Waals surface area contributed by atoms with Gasteiger partial charge in [-0.3, -0.25) is 4.79 Å². The maximum atomic E-state index is 12.0. The lowest BCUT2D eigenvalue weighted by Crippen LogP contribution is -2.36. The Balaban J connectivity index is 1.64. The Hall–Kier alpha value is -1.85. The van der Waals surface area contributed by atoms with Crippen molar-refractivity contribution >= 4 is 21.8 Å². The van der Waals surface area contributed by atoms with Crippen LogP contribution in [-0.2, 0) is 4.79 Å². The molecule has 2 aromatic rings. The number of carbonyl (C=O) groups is 1. The number of aryl methyl sites for hydroxylation is 1. The van der Waals surface area contributed by atoms with Crippen molar-refractivity contribution in [3.8, 4) is 5.75 Å². The highest BCUT2D eigenvalue weighted by molar-refractivity contribution is 9.10. The van der Waals surface area contributed by atoms with Crippen LogP contribution in [0.2, 0.25) is 0 Å². The SMILES string of the molecule is Cc1ccc(OCCNCC(=O)N[C@@H](C)c2ccccc2Br)cc1. The zero-order valence-corrected chi connectivity index (χ0v) is 15.6. The van der Waals surface area contributed by atoms with Crippen LogP contribution in [0.1, 0.15) is 24.1 Å². The van der Waals surface area contributed by atoms with Crippen LogP contribution in [0.15, 0.2) is 53.0 Å². The van der Waals surface area contributed by atoms with E-state index in [0.29, 0.717) is 13.2 Å². The summed E-state index contributed by atoms with van der Waals surface area (Å²) in [4.78, 5) is 12.0. The van der Waals surface area contributed by atoms with Crippen molar-refractivity contribution in [1.82, 2.24) is 10.6 Å². The van der Waals surface area contributed by atoms with Gasteiger partial charge in [0, 0.05) is 11.0 Å². The Morgan fingerprint density at radius 3 is 2.58 bits per heavy atom. The molecule has 0 fully saturated rings. The minimum atomic E-state index is -0.0429. The van der Waals surface area contributed by atoms with E-state index >= 15 is 0 Å². The van der Waals surface area contributed by atoms with Gasteiger partial charge in [0.1, 0.15) is 12.4 Å². The molecule has 0 aliphatic heterocycles. The first-order chi connectivity index (χ1) is 11.6. The quantitative estimate of drug-likeness (QED) is 0.676. The van der Waals surface area contributed by atoms with Crippen LogP contribution in [0.25, 0.3) is 0 Å². The first-order valence-corrected chi connectivity index (χ1v) is 8.79. The van der Waals surface area contributed by atoms with E-state index in [-0.39, 0.29) is 18.5 Å². The molecule has 0 saturated heterocycles. The van der Waals surface area contributed by atoms with Gasteiger partial charge in [-0.25, -0.2) is 0 Å². The summed E-state index contributed by atoms with van der Waals surface area (Å²) >= 11 is 3.50. The van der Waals surface area contributed by atoms with Crippen molar-refractivity contribution in [2.45, 2.75) is 19.9 Å². The minimum Gasteiger partial charge on any atom is -0.492 e. The van der Waals surface area contributed by atoms with Crippen molar-refractivity contribution in [2.75, 3.05) is 19.7 Å². The lowest BCUT2D eigenvalue weighted by molar-refractivity contribution is -0.120. The van der Waals surface area contributed by atoms with E-state index in [1.165, 1.54) is 5.56 Å². The molecule has 24 heavy (non-hydrogen) atoms. The van der Waals surface area contributed by atoms with Crippen molar-refractivity contribution in [3.05, 3.63) is 64.1 Å². The second kappa shape index (κ2) is 9.45.